The summed E-state index contributed by atoms with van der Waals surface area (Å²) < 4.78 is 22.1. The topological polar surface area (TPSA) is 78.9 Å². The van der Waals surface area contributed by atoms with Gasteiger partial charge in [0.2, 0.25) is 16.9 Å². The lowest BCUT2D eigenvalue weighted by molar-refractivity contribution is -0.144. The molecule has 6 heteroatoms. The van der Waals surface area contributed by atoms with E-state index < -0.39 is 17.5 Å². The predicted octanol–water partition coefficient (Wildman–Crippen LogP) is 3.75. The third kappa shape index (κ3) is 2.82. The molecule has 0 unspecified atom stereocenters. The van der Waals surface area contributed by atoms with Crippen molar-refractivity contribution in [2.24, 2.45) is 0 Å². The number of carbonyl (C=O) groups excluding carboxylic acids is 1. The number of carbonyl (C=O) groups is 1. The third-order valence-corrected chi connectivity index (χ3v) is 4.61. The van der Waals surface area contributed by atoms with E-state index in [1.165, 1.54) is 6.26 Å². The largest absolute Gasteiger partial charge is 0.461 e. The van der Waals surface area contributed by atoms with Gasteiger partial charge in [-0.05, 0) is 62.1 Å². The molecule has 1 atom stereocenters. The fraction of sp³-hybridized carbons (Fsp3) is 0.300. The number of benzene rings is 1. The number of esters is 1. The van der Waals surface area contributed by atoms with Crippen LogP contribution in [0.5, 0.6) is 5.75 Å². The minimum absolute atomic E-state index is 0.0992. The molecule has 0 bridgehead atoms. The number of hydrogen-bond donors (Lipinski definition) is 0. The molecule has 134 valence electrons. The van der Waals surface area contributed by atoms with Gasteiger partial charge in [-0.3, -0.25) is 4.79 Å². The summed E-state index contributed by atoms with van der Waals surface area (Å²) in [5.74, 6) is -0.346. The summed E-state index contributed by atoms with van der Waals surface area (Å²) in [6, 6.07) is 6.86. The SMILES string of the molecule is Cc1cc2oc(-c3ccco3)c(OC(=O)[C@H]3CCCO3)c(=O)c2cc1C. The second-order valence-corrected chi connectivity index (χ2v) is 6.42. The van der Waals surface area contributed by atoms with Gasteiger partial charge in [-0.15, -0.1) is 0 Å². The van der Waals surface area contributed by atoms with Crippen molar-refractivity contribution < 1.29 is 23.1 Å². The van der Waals surface area contributed by atoms with E-state index in [-0.39, 0.29) is 11.5 Å². The van der Waals surface area contributed by atoms with Crippen LogP contribution in [0.3, 0.4) is 0 Å². The zero-order chi connectivity index (χ0) is 18.3. The molecular formula is C20H18O6. The Kier molecular flexibility index (Phi) is 4.12. The van der Waals surface area contributed by atoms with Crippen molar-refractivity contribution in [1.29, 1.82) is 0 Å². The van der Waals surface area contributed by atoms with E-state index in [1.54, 1.807) is 24.3 Å². The molecule has 1 aromatic carbocycles. The molecule has 0 radical (unpaired) electrons. The first-order valence-electron chi connectivity index (χ1n) is 8.50. The molecule has 1 aliphatic rings. The fourth-order valence-electron chi connectivity index (χ4n) is 3.03. The van der Waals surface area contributed by atoms with Crippen molar-refractivity contribution in [3.63, 3.8) is 0 Å². The first kappa shape index (κ1) is 16.6. The lowest BCUT2D eigenvalue weighted by Gasteiger charge is -2.12. The van der Waals surface area contributed by atoms with Crippen LogP contribution < -0.4 is 10.2 Å². The van der Waals surface area contributed by atoms with Crippen molar-refractivity contribution in [1.82, 2.24) is 0 Å². The van der Waals surface area contributed by atoms with Gasteiger partial charge in [-0.25, -0.2) is 4.79 Å². The Morgan fingerprint density at radius 2 is 2.04 bits per heavy atom. The normalized spacial score (nSPS) is 16.9. The zero-order valence-electron chi connectivity index (χ0n) is 14.5. The highest BCUT2D eigenvalue weighted by atomic mass is 16.6. The van der Waals surface area contributed by atoms with Gasteiger partial charge in [-0.2, -0.15) is 0 Å². The smallest absolute Gasteiger partial charge is 0.340 e. The summed E-state index contributed by atoms with van der Waals surface area (Å²) in [5.41, 5.74) is 1.95. The number of ether oxygens (including phenoxy) is 2. The molecule has 2 aromatic heterocycles. The molecule has 0 N–H and O–H groups in total. The van der Waals surface area contributed by atoms with E-state index in [4.69, 9.17) is 18.3 Å². The standard InChI is InChI=1S/C20H18O6/c1-11-9-13-16(10-12(11)2)25-18(14-5-3-7-23-14)19(17(13)21)26-20(22)15-6-4-8-24-15/h3,5,7,9-10,15H,4,6,8H2,1-2H3/t15-/m1/s1. The maximum atomic E-state index is 13.0. The van der Waals surface area contributed by atoms with Crippen LogP contribution in [0.4, 0.5) is 0 Å². The highest BCUT2D eigenvalue weighted by molar-refractivity contribution is 5.85. The van der Waals surface area contributed by atoms with Crippen LogP contribution in [-0.4, -0.2) is 18.7 Å². The lowest BCUT2D eigenvalue weighted by Crippen LogP contribution is -2.27. The minimum Gasteiger partial charge on any atom is -0.461 e. The van der Waals surface area contributed by atoms with Crippen LogP contribution in [0.2, 0.25) is 0 Å². The zero-order valence-corrected chi connectivity index (χ0v) is 14.5. The van der Waals surface area contributed by atoms with E-state index >= 15 is 0 Å². The van der Waals surface area contributed by atoms with E-state index in [9.17, 15) is 9.59 Å². The van der Waals surface area contributed by atoms with Gasteiger partial charge < -0.3 is 18.3 Å². The Labute approximate surface area is 149 Å². The van der Waals surface area contributed by atoms with Gasteiger partial charge >= 0.3 is 5.97 Å². The summed E-state index contributed by atoms with van der Waals surface area (Å²) in [6.07, 6.45) is 2.17. The van der Waals surface area contributed by atoms with Gasteiger partial charge in [0.15, 0.2) is 11.9 Å². The Bertz CT molecular complexity index is 1020. The van der Waals surface area contributed by atoms with Crippen LogP contribution in [0, 0.1) is 13.8 Å². The van der Waals surface area contributed by atoms with Crippen LogP contribution in [-0.2, 0) is 9.53 Å². The maximum Gasteiger partial charge on any atom is 0.340 e. The van der Waals surface area contributed by atoms with Crippen molar-refractivity contribution in [3.05, 3.63) is 51.9 Å². The Balaban J connectivity index is 1.89. The molecule has 6 nitrogen and oxygen atoms in total. The molecule has 3 aromatic rings. The van der Waals surface area contributed by atoms with Crippen molar-refractivity contribution >= 4 is 16.9 Å². The Hall–Kier alpha value is -2.86. The van der Waals surface area contributed by atoms with E-state index in [0.717, 1.165) is 17.5 Å². The van der Waals surface area contributed by atoms with Gasteiger partial charge in [0.25, 0.3) is 0 Å². The molecule has 1 aliphatic heterocycles. The summed E-state index contributed by atoms with van der Waals surface area (Å²) in [7, 11) is 0. The molecule has 3 heterocycles. The molecule has 1 fully saturated rings. The van der Waals surface area contributed by atoms with Crippen LogP contribution >= 0.6 is 0 Å². The summed E-state index contributed by atoms with van der Waals surface area (Å²) in [4.78, 5) is 25.4. The Morgan fingerprint density at radius 1 is 1.23 bits per heavy atom. The number of fused-ring (bicyclic) bond motifs is 1. The molecule has 26 heavy (non-hydrogen) atoms. The second-order valence-electron chi connectivity index (χ2n) is 6.42. The highest BCUT2D eigenvalue weighted by Crippen LogP contribution is 2.32. The first-order chi connectivity index (χ1) is 12.5. The number of hydrogen-bond acceptors (Lipinski definition) is 6. The predicted molar refractivity (Wildman–Crippen MR) is 94.3 cm³/mol. The molecule has 4 rings (SSSR count). The first-order valence-corrected chi connectivity index (χ1v) is 8.50. The quantitative estimate of drug-likeness (QED) is 0.667. The van der Waals surface area contributed by atoms with Gasteiger partial charge in [0.05, 0.1) is 11.6 Å². The van der Waals surface area contributed by atoms with Gasteiger partial charge in [0.1, 0.15) is 5.58 Å². The molecule has 0 amide bonds. The average molecular weight is 354 g/mol. The Morgan fingerprint density at radius 3 is 2.73 bits per heavy atom. The molecule has 0 aliphatic carbocycles. The number of furan rings is 1. The van der Waals surface area contributed by atoms with Crippen molar-refractivity contribution in [3.8, 4) is 17.3 Å². The lowest BCUT2D eigenvalue weighted by atomic mass is 10.1. The summed E-state index contributed by atoms with van der Waals surface area (Å²) in [6.45, 7) is 4.36. The monoisotopic (exact) mass is 354 g/mol. The average Bonchev–Trinajstić information content (AvgIpc) is 3.32. The molecule has 0 spiro atoms. The van der Waals surface area contributed by atoms with Gasteiger partial charge in [0, 0.05) is 6.61 Å². The maximum absolute atomic E-state index is 13.0. The third-order valence-electron chi connectivity index (χ3n) is 4.61. The molecule has 0 saturated carbocycles. The van der Waals surface area contributed by atoms with E-state index in [2.05, 4.69) is 0 Å². The second kappa shape index (κ2) is 6.46. The minimum atomic E-state index is -0.658. The molecular weight excluding hydrogens is 336 g/mol. The van der Waals surface area contributed by atoms with Crippen molar-refractivity contribution in [2.45, 2.75) is 32.8 Å². The molecule has 1 saturated heterocycles. The van der Waals surface area contributed by atoms with Crippen LogP contribution in [0.1, 0.15) is 24.0 Å². The number of aryl methyl sites for hydroxylation is 2. The number of rotatable bonds is 3. The summed E-state index contributed by atoms with van der Waals surface area (Å²) >= 11 is 0. The van der Waals surface area contributed by atoms with E-state index in [0.29, 0.717) is 29.8 Å². The van der Waals surface area contributed by atoms with Crippen LogP contribution in [0.15, 0.2) is 44.2 Å². The fourth-order valence-corrected chi connectivity index (χ4v) is 3.03. The van der Waals surface area contributed by atoms with Crippen molar-refractivity contribution in [2.75, 3.05) is 6.61 Å². The van der Waals surface area contributed by atoms with Crippen LogP contribution in [0.25, 0.3) is 22.5 Å². The van der Waals surface area contributed by atoms with E-state index in [1.807, 2.05) is 13.8 Å². The van der Waals surface area contributed by atoms with Gasteiger partial charge in [-0.1, -0.05) is 0 Å². The highest BCUT2D eigenvalue weighted by Gasteiger charge is 2.29. The summed E-state index contributed by atoms with van der Waals surface area (Å²) in [5, 5.41) is 0.360.